The molecule has 3 aromatic rings. The molecule has 2 spiro atoms. The molecule has 0 amide bonds. The molecule has 9 heteroatoms. The molecule has 9 nitrogen and oxygen atoms in total. The Morgan fingerprint density at radius 3 is 2.26 bits per heavy atom. The van der Waals surface area contributed by atoms with Gasteiger partial charge in [-0.3, -0.25) is 9.59 Å². The SMILES string of the molecule is CNC1CCCC2(C1)C(=O)CC1(CCCC1)C1(C)C2CCC2(C)C1C(O)C1Cn3cc(Cc4cc(C5CCCCC5)cc(C5CCOCC5)c4)c4[nH]cc(c43)CCC(C)(CC(O)C3OC3(C)C)C3=C1C2(C)CC3=O. The molecule has 5 heterocycles. The van der Waals surface area contributed by atoms with Gasteiger partial charge in [0.2, 0.25) is 0 Å². The van der Waals surface area contributed by atoms with E-state index in [-0.39, 0.29) is 45.9 Å². The first-order valence-electron chi connectivity index (χ1n) is 30.3. The molecule has 6 saturated carbocycles. The molecule has 2 aromatic heterocycles. The Hall–Kier alpha value is -3.08. The highest BCUT2D eigenvalue weighted by molar-refractivity contribution is 6.02. The predicted octanol–water partition coefficient (Wildman–Crippen LogP) is 12.4. The van der Waals surface area contributed by atoms with E-state index in [1.54, 1.807) is 0 Å². The number of aromatic nitrogens is 2. The van der Waals surface area contributed by atoms with Crippen LogP contribution in [0.4, 0.5) is 0 Å². The van der Waals surface area contributed by atoms with Crippen molar-refractivity contribution >= 4 is 22.6 Å². The zero-order valence-corrected chi connectivity index (χ0v) is 46.4. The van der Waals surface area contributed by atoms with E-state index in [0.29, 0.717) is 55.9 Å². The second kappa shape index (κ2) is 17.7. The van der Waals surface area contributed by atoms with E-state index in [9.17, 15) is 10.2 Å². The fourth-order valence-electron chi connectivity index (χ4n) is 20.9. The van der Waals surface area contributed by atoms with Crippen molar-refractivity contribution in [2.24, 2.45) is 50.2 Å². The topological polar surface area (TPSA) is 129 Å². The first-order valence-corrected chi connectivity index (χ1v) is 30.3. The predicted molar refractivity (Wildman–Crippen MR) is 291 cm³/mol. The van der Waals surface area contributed by atoms with Crippen LogP contribution in [0.3, 0.4) is 0 Å². The number of aliphatic hydroxyl groups is 2. The number of nitrogens with one attached hydrogen (secondary N) is 2. The van der Waals surface area contributed by atoms with Crippen molar-refractivity contribution in [1.29, 1.82) is 0 Å². The Bertz CT molecular complexity index is 2710. The molecule has 0 radical (unpaired) electrons. The number of aryl methyl sites for hydroxylation is 1. The van der Waals surface area contributed by atoms with Crippen LogP contribution in [-0.2, 0) is 38.4 Å². The summed E-state index contributed by atoms with van der Waals surface area (Å²) in [6.45, 7) is 16.2. The quantitative estimate of drug-likeness (QED) is 0.165. The Labute approximate surface area is 442 Å². The standard InChI is InChI=1S/C65H91N3O6/c1-59(2)58(74-59)49(70)33-60(3)24-17-42-36-67-54-45(30-39-28-43(40-14-9-8-10-15-40)31-44(29-39)41-19-26-73-27-20-41)37-68(55(42)54)38-47-52-53(60)48(69)34-62(52,5)61(4)25-18-50-63(6,57(61)56(47)72)64(21-11-12-22-64)35-51(71)65(50)23-13-16-46(32-65)66-7/h28-29,31,36-37,40-41,46-47,49-50,56-58,66-67,70,72H,8-27,30,32-35,38H2,1-7H3. The van der Waals surface area contributed by atoms with E-state index in [1.807, 2.05) is 0 Å². The van der Waals surface area contributed by atoms with E-state index in [4.69, 9.17) is 9.47 Å². The van der Waals surface area contributed by atoms with Gasteiger partial charge in [0.05, 0.1) is 28.8 Å². The van der Waals surface area contributed by atoms with Gasteiger partial charge in [0.25, 0.3) is 0 Å². The van der Waals surface area contributed by atoms with Crippen molar-refractivity contribution in [3.05, 3.63) is 69.6 Å². The lowest BCUT2D eigenvalue weighted by Crippen LogP contribution is -2.73. The van der Waals surface area contributed by atoms with Gasteiger partial charge < -0.3 is 34.6 Å². The Balaban J connectivity index is 0.972. The van der Waals surface area contributed by atoms with Crippen LogP contribution in [0.5, 0.6) is 0 Å². The zero-order valence-electron chi connectivity index (χ0n) is 46.4. The van der Waals surface area contributed by atoms with Crippen LogP contribution in [0.1, 0.15) is 216 Å². The average Bonchev–Trinajstić information content (AvgIpc) is 4.04. The van der Waals surface area contributed by atoms with Crippen LogP contribution >= 0.6 is 0 Å². The lowest BCUT2D eigenvalue weighted by molar-refractivity contribution is -0.266. The number of nitrogens with zero attached hydrogens (tertiary/aromatic N) is 1. The number of allylic oxidation sites excluding steroid dienone is 1. The van der Waals surface area contributed by atoms with Crippen LogP contribution in [0.25, 0.3) is 11.0 Å². The molecule has 7 aliphatic carbocycles. The number of ketones is 2. The molecule has 402 valence electrons. The number of ether oxygens (including phenoxy) is 2. The minimum absolute atomic E-state index is 0.0968. The highest BCUT2D eigenvalue weighted by Crippen LogP contribution is 2.81. The largest absolute Gasteiger partial charge is 0.392 e. The fraction of sp³-hybridized carbons (Fsp3) is 0.754. The number of hydrogen-bond donors (Lipinski definition) is 4. The van der Waals surface area contributed by atoms with E-state index >= 15 is 9.59 Å². The van der Waals surface area contributed by atoms with E-state index in [2.05, 4.69) is 94.1 Å². The highest BCUT2D eigenvalue weighted by atomic mass is 16.6. The minimum Gasteiger partial charge on any atom is -0.392 e. The first-order chi connectivity index (χ1) is 35.4. The molecule has 4 N–H and O–H groups in total. The van der Waals surface area contributed by atoms with Crippen LogP contribution in [0, 0.1) is 50.2 Å². The molecule has 12 unspecified atom stereocenters. The van der Waals surface area contributed by atoms with Crippen molar-refractivity contribution < 1.29 is 29.3 Å². The number of hydrogen-bond acceptors (Lipinski definition) is 7. The lowest BCUT2D eigenvalue weighted by Gasteiger charge is -2.75. The molecule has 74 heavy (non-hydrogen) atoms. The number of benzene rings is 1. The van der Waals surface area contributed by atoms with Gasteiger partial charge in [-0.25, -0.2) is 0 Å². The van der Waals surface area contributed by atoms with Crippen LogP contribution in [0.2, 0.25) is 0 Å². The summed E-state index contributed by atoms with van der Waals surface area (Å²) in [6.07, 6.45) is 25.7. The first kappa shape index (κ1) is 50.4. The summed E-state index contributed by atoms with van der Waals surface area (Å²) >= 11 is 0. The zero-order chi connectivity index (χ0) is 51.4. The number of H-pyrrole nitrogens is 1. The van der Waals surface area contributed by atoms with Gasteiger partial charge in [0, 0.05) is 79.8 Å². The molecule has 3 aliphatic heterocycles. The molecule has 10 aliphatic rings. The number of fused-ring (bicyclic) bond motifs is 6. The lowest BCUT2D eigenvalue weighted by atomic mass is 9.29. The van der Waals surface area contributed by atoms with Gasteiger partial charge in [-0.15, -0.1) is 0 Å². The van der Waals surface area contributed by atoms with E-state index in [1.165, 1.54) is 76.5 Å². The third kappa shape index (κ3) is 7.28. The van der Waals surface area contributed by atoms with Crippen molar-refractivity contribution in [3.8, 4) is 0 Å². The molecular weight excluding hydrogens is 919 g/mol. The van der Waals surface area contributed by atoms with Gasteiger partial charge in [-0.2, -0.15) is 0 Å². The summed E-state index contributed by atoms with van der Waals surface area (Å²) in [6, 6.07) is 7.96. The number of aromatic amines is 1. The minimum atomic E-state index is -0.722. The summed E-state index contributed by atoms with van der Waals surface area (Å²) in [7, 11) is 2.09. The Kier molecular flexibility index (Phi) is 12.1. The summed E-state index contributed by atoms with van der Waals surface area (Å²) in [5, 5.41) is 30.3. The van der Waals surface area contributed by atoms with Crippen LogP contribution in [-0.4, -0.2) is 81.5 Å². The average molecular weight is 1010 g/mol. The smallest absolute Gasteiger partial charge is 0.160 e. The number of carbonyl (C=O) groups is 2. The maximum absolute atomic E-state index is 15.8. The van der Waals surface area contributed by atoms with Gasteiger partial charge in [-0.05, 0) is 190 Å². The van der Waals surface area contributed by atoms with E-state index in [0.717, 1.165) is 109 Å². The van der Waals surface area contributed by atoms with Gasteiger partial charge in [-0.1, -0.05) is 84.4 Å². The van der Waals surface area contributed by atoms with Crippen LogP contribution < -0.4 is 5.32 Å². The second-order valence-electron chi connectivity index (χ2n) is 28.6. The summed E-state index contributed by atoms with van der Waals surface area (Å²) in [5.41, 5.74) is 8.67. The maximum atomic E-state index is 15.8. The molecule has 12 atom stereocenters. The second-order valence-corrected chi connectivity index (χ2v) is 28.6. The summed E-state index contributed by atoms with van der Waals surface area (Å²) < 4.78 is 14.6. The maximum Gasteiger partial charge on any atom is 0.160 e. The normalized spacial score (nSPS) is 40.4. The highest BCUT2D eigenvalue weighted by Gasteiger charge is 2.78. The molecular formula is C65H91N3O6. The monoisotopic (exact) mass is 1010 g/mol. The molecule has 2 saturated heterocycles. The molecule has 8 fully saturated rings. The van der Waals surface area contributed by atoms with E-state index < -0.39 is 34.1 Å². The fourth-order valence-corrected chi connectivity index (χ4v) is 20.9. The van der Waals surface area contributed by atoms with Crippen molar-refractivity contribution in [2.45, 2.75) is 238 Å². The molecule has 0 bridgehead atoms. The van der Waals surface area contributed by atoms with Crippen molar-refractivity contribution in [3.63, 3.8) is 0 Å². The number of carbonyl (C=O) groups excluding carboxylic acids is 2. The van der Waals surface area contributed by atoms with Gasteiger partial charge in [0.1, 0.15) is 11.9 Å². The molecule has 13 rings (SSSR count). The van der Waals surface area contributed by atoms with Gasteiger partial charge in [0.15, 0.2) is 5.78 Å². The molecule has 1 aromatic carbocycles. The Morgan fingerprint density at radius 1 is 0.838 bits per heavy atom. The number of Topliss-reactive ketones (excluding diaryl/α,β-unsaturated/α-hetero) is 2. The van der Waals surface area contributed by atoms with Crippen molar-refractivity contribution in [2.75, 3.05) is 20.3 Å². The van der Waals surface area contributed by atoms with Gasteiger partial charge >= 0.3 is 0 Å². The number of rotatable bonds is 8. The van der Waals surface area contributed by atoms with Crippen LogP contribution in [0.15, 0.2) is 41.7 Å². The van der Waals surface area contributed by atoms with Crippen molar-refractivity contribution in [1.82, 2.24) is 14.9 Å². The third-order valence-corrected chi connectivity index (χ3v) is 24.7. The summed E-state index contributed by atoms with van der Waals surface area (Å²) in [5.74, 6) is 1.65. The number of aliphatic hydroxyl groups excluding tert-OH is 2. The number of epoxide rings is 1. The Morgan fingerprint density at radius 2 is 1.55 bits per heavy atom. The third-order valence-electron chi connectivity index (χ3n) is 24.7. The summed E-state index contributed by atoms with van der Waals surface area (Å²) in [4.78, 5) is 35.0.